The molecule has 0 unspecified atom stereocenters. The van der Waals surface area contributed by atoms with Crippen molar-refractivity contribution in [3.8, 4) is 0 Å². The number of hydrogen-bond acceptors (Lipinski definition) is 4. The highest BCUT2D eigenvalue weighted by molar-refractivity contribution is 8.00. The van der Waals surface area contributed by atoms with E-state index in [0.717, 1.165) is 32.6 Å². The monoisotopic (exact) mass is 490 g/mol. The van der Waals surface area contributed by atoms with Crippen LogP contribution in [-0.2, 0) is 16.1 Å². The Hall–Kier alpha value is -3.55. The predicted molar refractivity (Wildman–Crippen MR) is 140 cm³/mol. The molecule has 0 bridgehead atoms. The molecule has 0 aliphatic heterocycles. The van der Waals surface area contributed by atoms with Crippen LogP contribution >= 0.6 is 23.4 Å². The number of aromatic nitrogens is 1. The molecule has 4 aromatic rings. The summed E-state index contributed by atoms with van der Waals surface area (Å²) in [6, 6.07) is 22.8. The van der Waals surface area contributed by atoms with Crippen molar-refractivity contribution >= 4 is 58.0 Å². The first-order valence-electron chi connectivity index (χ1n) is 10.6. The second-order valence-corrected chi connectivity index (χ2v) is 9.16. The maximum absolute atomic E-state index is 12.6. The number of hydrazone groups is 1. The number of anilines is 1. The molecule has 1 aromatic heterocycles. The summed E-state index contributed by atoms with van der Waals surface area (Å²) in [4.78, 5) is 25.7. The minimum atomic E-state index is -0.211. The number of halogens is 1. The van der Waals surface area contributed by atoms with E-state index >= 15 is 0 Å². The first-order chi connectivity index (χ1) is 16.5. The Labute approximate surface area is 207 Å². The van der Waals surface area contributed by atoms with E-state index < -0.39 is 0 Å². The van der Waals surface area contributed by atoms with Crippen molar-refractivity contribution in [1.29, 1.82) is 0 Å². The van der Waals surface area contributed by atoms with Crippen LogP contribution in [0.1, 0.15) is 11.1 Å². The normalized spacial score (nSPS) is 11.1. The summed E-state index contributed by atoms with van der Waals surface area (Å²) in [5.41, 5.74) is 6.17. The van der Waals surface area contributed by atoms with Gasteiger partial charge in [-0.3, -0.25) is 9.59 Å². The number of para-hydroxylation sites is 1. The molecule has 0 radical (unpaired) electrons. The smallest absolute Gasteiger partial charge is 0.250 e. The van der Waals surface area contributed by atoms with Crippen LogP contribution in [-0.4, -0.2) is 28.3 Å². The average Bonchev–Trinajstić information content (AvgIpc) is 3.17. The van der Waals surface area contributed by atoms with E-state index in [1.54, 1.807) is 18.3 Å². The van der Waals surface area contributed by atoms with Gasteiger partial charge >= 0.3 is 0 Å². The standard InChI is InChI=1S/C26H23ClN4O2S/c1-18-6-10-21(11-7-18)29-25(32)16-31-15-19(23-4-2-3-5-24(23)31)14-28-30-26(33)17-34-22-12-8-20(27)9-13-22/h2-15H,16-17H2,1H3,(H,29,32)(H,30,33)/b28-14-. The molecule has 8 heteroatoms. The molecule has 34 heavy (non-hydrogen) atoms. The number of thioether (sulfide) groups is 1. The van der Waals surface area contributed by atoms with E-state index in [2.05, 4.69) is 15.8 Å². The van der Waals surface area contributed by atoms with Gasteiger partial charge in [0.15, 0.2) is 0 Å². The summed E-state index contributed by atoms with van der Waals surface area (Å²) in [5, 5.41) is 8.64. The molecule has 172 valence electrons. The van der Waals surface area contributed by atoms with E-state index in [4.69, 9.17) is 11.6 Å². The highest BCUT2D eigenvalue weighted by Crippen LogP contribution is 2.21. The molecule has 2 N–H and O–H groups in total. The second kappa shape index (κ2) is 11.0. The van der Waals surface area contributed by atoms with Crippen LogP contribution in [0.15, 0.2) is 89.0 Å². The maximum Gasteiger partial charge on any atom is 0.250 e. The zero-order chi connectivity index (χ0) is 23.9. The Morgan fingerprint density at radius 3 is 2.50 bits per heavy atom. The van der Waals surface area contributed by atoms with Crippen LogP contribution in [0.3, 0.4) is 0 Å². The Balaban J connectivity index is 1.39. The van der Waals surface area contributed by atoms with Crippen LogP contribution in [0.2, 0.25) is 5.02 Å². The van der Waals surface area contributed by atoms with Gasteiger partial charge in [0.05, 0.1) is 12.0 Å². The molecule has 0 saturated carbocycles. The average molecular weight is 491 g/mol. The van der Waals surface area contributed by atoms with E-state index in [9.17, 15) is 9.59 Å². The first kappa shape index (κ1) is 23.6. The van der Waals surface area contributed by atoms with Gasteiger partial charge in [-0.1, -0.05) is 47.5 Å². The van der Waals surface area contributed by atoms with Crippen LogP contribution in [0, 0.1) is 6.92 Å². The Kier molecular flexibility index (Phi) is 7.67. The molecule has 0 spiro atoms. The Bertz CT molecular complexity index is 1330. The summed E-state index contributed by atoms with van der Waals surface area (Å²) in [6.45, 7) is 2.16. The van der Waals surface area contributed by atoms with Gasteiger partial charge in [-0.25, -0.2) is 5.43 Å². The fraction of sp³-hybridized carbons (Fsp3) is 0.115. The van der Waals surface area contributed by atoms with Crippen molar-refractivity contribution in [2.45, 2.75) is 18.4 Å². The zero-order valence-electron chi connectivity index (χ0n) is 18.5. The SMILES string of the molecule is Cc1ccc(NC(=O)Cn2cc(/C=N\NC(=O)CSc3ccc(Cl)cc3)c3ccccc32)cc1. The Morgan fingerprint density at radius 1 is 1.00 bits per heavy atom. The third-order valence-corrected chi connectivity index (χ3v) is 6.31. The van der Waals surface area contributed by atoms with E-state index in [1.807, 2.05) is 78.4 Å². The third-order valence-electron chi connectivity index (χ3n) is 5.05. The van der Waals surface area contributed by atoms with Crippen LogP contribution < -0.4 is 10.7 Å². The molecule has 0 fully saturated rings. The largest absolute Gasteiger partial charge is 0.337 e. The van der Waals surface area contributed by atoms with E-state index in [0.29, 0.717) is 5.02 Å². The quantitative estimate of drug-likeness (QED) is 0.195. The molecule has 4 rings (SSSR count). The fourth-order valence-corrected chi connectivity index (χ4v) is 4.20. The summed E-state index contributed by atoms with van der Waals surface area (Å²) >= 11 is 7.29. The van der Waals surface area contributed by atoms with Crippen molar-refractivity contribution < 1.29 is 9.59 Å². The summed E-state index contributed by atoms with van der Waals surface area (Å²) in [7, 11) is 0. The number of fused-ring (bicyclic) bond motifs is 1. The van der Waals surface area contributed by atoms with Crippen molar-refractivity contribution in [2.75, 3.05) is 11.1 Å². The molecule has 3 aromatic carbocycles. The molecule has 0 saturated heterocycles. The highest BCUT2D eigenvalue weighted by Gasteiger charge is 2.11. The number of amides is 2. The number of nitrogens with zero attached hydrogens (tertiary/aromatic N) is 2. The highest BCUT2D eigenvalue weighted by atomic mass is 35.5. The number of rotatable bonds is 8. The molecule has 0 atom stereocenters. The van der Waals surface area contributed by atoms with Gasteiger partial charge in [-0.2, -0.15) is 5.10 Å². The van der Waals surface area contributed by atoms with Gasteiger partial charge in [-0.05, 0) is 49.4 Å². The van der Waals surface area contributed by atoms with Crippen LogP contribution in [0.4, 0.5) is 5.69 Å². The number of hydrogen-bond donors (Lipinski definition) is 2. The number of carbonyl (C=O) groups is 2. The predicted octanol–water partition coefficient (Wildman–Crippen LogP) is 5.48. The number of carbonyl (C=O) groups excluding carboxylic acids is 2. The van der Waals surface area contributed by atoms with Crippen LogP contribution in [0.5, 0.6) is 0 Å². The third kappa shape index (κ3) is 6.27. The van der Waals surface area contributed by atoms with E-state index in [-0.39, 0.29) is 24.1 Å². The summed E-state index contributed by atoms with van der Waals surface area (Å²) in [5.74, 6) is -0.0991. The molecular formula is C26H23ClN4O2S. The van der Waals surface area contributed by atoms with E-state index in [1.165, 1.54) is 11.8 Å². The minimum Gasteiger partial charge on any atom is -0.337 e. The summed E-state index contributed by atoms with van der Waals surface area (Å²) < 4.78 is 1.87. The van der Waals surface area contributed by atoms with Gasteiger partial charge in [0.25, 0.3) is 0 Å². The fourth-order valence-electron chi connectivity index (χ4n) is 3.39. The van der Waals surface area contributed by atoms with Crippen molar-refractivity contribution in [3.05, 3.63) is 95.1 Å². The maximum atomic E-state index is 12.6. The lowest BCUT2D eigenvalue weighted by molar-refractivity contribution is -0.118. The summed E-state index contributed by atoms with van der Waals surface area (Å²) in [6.07, 6.45) is 3.46. The molecule has 1 heterocycles. The lowest BCUT2D eigenvalue weighted by Crippen LogP contribution is -2.19. The second-order valence-electron chi connectivity index (χ2n) is 7.68. The number of nitrogens with one attached hydrogen (secondary N) is 2. The molecule has 6 nitrogen and oxygen atoms in total. The van der Waals surface area contributed by atoms with Crippen molar-refractivity contribution in [3.63, 3.8) is 0 Å². The topological polar surface area (TPSA) is 75.5 Å². The molecular weight excluding hydrogens is 468 g/mol. The van der Waals surface area contributed by atoms with Gasteiger partial charge in [0.1, 0.15) is 6.54 Å². The van der Waals surface area contributed by atoms with Crippen molar-refractivity contribution in [1.82, 2.24) is 9.99 Å². The van der Waals surface area contributed by atoms with Gasteiger partial charge < -0.3 is 9.88 Å². The molecule has 2 amide bonds. The van der Waals surface area contributed by atoms with Gasteiger partial charge in [-0.15, -0.1) is 11.8 Å². The van der Waals surface area contributed by atoms with Crippen molar-refractivity contribution in [2.24, 2.45) is 5.10 Å². The lowest BCUT2D eigenvalue weighted by atomic mass is 10.2. The first-order valence-corrected chi connectivity index (χ1v) is 12.0. The van der Waals surface area contributed by atoms with Crippen LogP contribution in [0.25, 0.3) is 10.9 Å². The number of aryl methyl sites for hydroxylation is 1. The number of benzene rings is 3. The van der Waals surface area contributed by atoms with Gasteiger partial charge in [0.2, 0.25) is 11.8 Å². The molecule has 0 aliphatic rings. The Morgan fingerprint density at radius 2 is 1.74 bits per heavy atom. The minimum absolute atomic E-state index is 0.124. The zero-order valence-corrected chi connectivity index (χ0v) is 20.1. The van der Waals surface area contributed by atoms with Gasteiger partial charge in [0, 0.05) is 38.3 Å². The lowest BCUT2D eigenvalue weighted by Gasteiger charge is -2.07. The molecule has 0 aliphatic carbocycles.